The number of hydrogen-bond donors (Lipinski definition) is 1. The molecule has 0 spiro atoms. The highest BCUT2D eigenvalue weighted by Gasteiger charge is 2.28. The van der Waals surface area contributed by atoms with E-state index in [2.05, 4.69) is 31.9 Å². The maximum Gasteiger partial charge on any atom is 0.0893 e. The van der Waals surface area contributed by atoms with Crippen molar-refractivity contribution in [1.82, 2.24) is 0 Å². The van der Waals surface area contributed by atoms with E-state index in [0.29, 0.717) is 22.0 Å². The molecule has 0 aliphatic rings. The van der Waals surface area contributed by atoms with Gasteiger partial charge >= 0.3 is 0 Å². The Kier molecular flexibility index (Phi) is 5.59. The maximum atomic E-state index is 10.4. The molecule has 1 aromatic carbocycles. The van der Waals surface area contributed by atoms with E-state index in [1.165, 1.54) is 0 Å². The molecule has 1 nitrogen and oxygen atoms in total. The molecule has 0 saturated carbocycles. The van der Waals surface area contributed by atoms with E-state index in [4.69, 9.17) is 23.2 Å². The number of hydrogen-bond acceptors (Lipinski definition) is 1. The molecule has 0 aliphatic heterocycles. The Balaban J connectivity index is 2.97. The molecule has 5 heteroatoms. The summed E-state index contributed by atoms with van der Waals surface area (Å²) >= 11 is 18.7. The first-order valence-electron chi connectivity index (χ1n) is 4.75. The Morgan fingerprint density at radius 2 is 2.06 bits per heavy atom. The van der Waals surface area contributed by atoms with E-state index in [1.807, 2.05) is 0 Å². The minimum atomic E-state index is -0.969. The first-order valence-corrected chi connectivity index (χ1v) is 7.54. The summed E-state index contributed by atoms with van der Waals surface area (Å²) in [6, 6.07) is 5.14. The van der Waals surface area contributed by atoms with Gasteiger partial charge in [-0.15, -0.1) is 0 Å². The summed E-state index contributed by atoms with van der Waals surface area (Å²) in [6.07, 6.45) is 0.569. The summed E-state index contributed by atoms with van der Waals surface area (Å²) in [5.41, 5.74) is -0.271. The normalized spacial score (nSPS) is 16.9. The smallest absolute Gasteiger partial charge is 0.0893 e. The zero-order valence-corrected chi connectivity index (χ0v) is 13.4. The van der Waals surface area contributed by atoms with Crippen LogP contribution in [-0.4, -0.2) is 15.3 Å². The van der Waals surface area contributed by atoms with Gasteiger partial charge in [0.25, 0.3) is 0 Å². The first kappa shape index (κ1) is 14.8. The predicted molar refractivity (Wildman–Crippen MR) is 77.2 cm³/mol. The molecule has 0 bridgehead atoms. The molecule has 1 N–H and O–H groups in total. The average molecular weight is 391 g/mol. The standard InChI is InChI=1S/C11H12Br2Cl2O/c1-11(16,5-7(13)6-12)9-3-2-8(14)4-10(9)15/h2-4,7,16H,5-6H2,1H3. The highest BCUT2D eigenvalue weighted by Crippen LogP contribution is 2.34. The number of alkyl halides is 2. The highest BCUT2D eigenvalue weighted by molar-refractivity contribution is 9.12. The molecule has 90 valence electrons. The monoisotopic (exact) mass is 388 g/mol. The molecule has 2 unspecified atom stereocenters. The summed E-state index contributed by atoms with van der Waals surface area (Å²) in [6.45, 7) is 1.75. The largest absolute Gasteiger partial charge is 0.385 e. The van der Waals surface area contributed by atoms with Crippen LogP contribution >= 0.6 is 55.1 Å². The highest BCUT2D eigenvalue weighted by atomic mass is 79.9. The van der Waals surface area contributed by atoms with Crippen molar-refractivity contribution in [2.45, 2.75) is 23.8 Å². The van der Waals surface area contributed by atoms with Crippen molar-refractivity contribution in [3.63, 3.8) is 0 Å². The van der Waals surface area contributed by atoms with Gasteiger partial charge in [0.2, 0.25) is 0 Å². The van der Waals surface area contributed by atoms with Crippen LogP contribution in [-0.2, 0) is 5.60 Å². The van der Waals surface area contributed by atoms with Crippen molar-refractivity contribution in [3.8, 4) is 0 Å². The lowest BCUT2D eigenvalue weighted by Gasteiger charge is -2.27. The molecule has 0 aliphatic carbocycles. The first-order chi connectivity index (χ1) is 7.36. The van der Waals surface area contributed by atoms with Crippen LogP contribution in [0.5, 0.6) is 0 Å². The topological polar surface area (TPSA) is 20.2 Å². The third kappa shape index (κ3) is 3.88. The Bertz CT molecular complexity index is 369. The molecule has 0 saturated heterocycles. The number of halogens is 4. The zero-order chi connectivity index (χ0) is 12.3. The van der Waals surface area contributed by atoms with Crippen molar-refractivity contribution in [1.29, 1.82) is 0 Å². The second-order valence-corrected chi connectivity index (χ2v) is 6.64. The molecule has 16 heavy (non-hydrogen) atoms. The lowest BCUT2D eigenvalue weighted by Crippen LogP contribution is -2.26. The fourth-order valence-corrected chi connectivity index (χ4v) is 2.99. The van der Waals surface area contributed by atoms with E-state index in [1.54, 1.807) is 25.1 Å². The van der Waals surface area contributed by atoms with Crippen LogP contribution < -0.4 is 0 Å². The average Bonchev–Trinajstić information content (AvgIpc) is 2.16. The van der Waals surface area contributed by atoms with Gasteiger partial charge in [0.05, 0.1) is 5.60 Å². The van der Waals surface area contributed by atoms with E-state index in [0.717, 1.165) is 5.33 Å². The van der Waals surface area contributed by atoms with Gasteiger partial charge in [-0.1, -0.05) is 61.1 Å². The molecule has 0 amide bonds. The molecule has 1 rings (SSSR count). The molecule has 0 radical (unpaired) electrons. The number of aliphatic hydroxyl groups is 1. The molecular weight excluding hydrogens is 379 g/mol. The third-order valence-electron chi connectivity index (χ3n) is 2.30. The third-order valence-corrected chi connectivity index (χ3v) is 5.14. The Morgan fingerprint density at radius 3 is 2.56 bits per heavy atom. The summed E-state index contributed by atoms with van der Waals surface area (Å²) in [5, 5.41) is 12.2. The summed E-state index contributed by atoms with van der Waals surface area (Å²) < 4.78 is 0. The molecular formula is C11H12Br2Cl2O. The van der Waals surface area contributed by atoms with Crippen LogP contribution in [0.1, 0.15) is 18.9 Å². The Morgan fingerprint density at radius 1 is 1.44 bits per heavy atom. The molecule has 0 heterocycles. The van der Waals surface area contributed by atoms with Crippen molar-refractivity contribution >= 4 is 55.1 Å². The number of benzene rings is 1. The lowest BCUT2D eigenvalue weighted by molar-refractivity contribution is 0.0495. The van der Waals surface area contributed by atoms with Gasteiger partial charge in [-0.05, 0) is 25.5 Å². The molecule has 0 aromatic heterocycles. The molecule has 1 aromatic rings. The van der Waals surface area contributed by atoms with Gasteiger partial charge in [0.1, 0.15) is 0 Å². The summed E-state index contributed by atoms with van der Waals surface area (Å²) in [5.74, 6) is 0. The van der Waals surface area contributed by atoms with Crippen molar-refractivity contribution in [2.24, 2.45) is 0 Å². The van der Waals surface area contributed by atoms with Crippen molar-refractivity contribution in [3.05, 3.63) is 33.8 Å². The summed E-state index contributed by atoms with van der Waals surface area (Å²) in [7, 11) is 0. The van der Waals surface area contributed by atoms with E-state index in [-0.39, 0.29) is 4.83 Å². The van der Waals surface area contributed by atoms with Gasteiger partial charge in [0, 0.05) is 25.8 Å². The SMILES string of the molecule is CC(O)(CC(Br)CBr)c1ccc(Cl)cc1Cl. The quantitative estimate of drug-likeness (QED) is 0.735. The van der Waals surface area contributed by atoms with Crippen molar-refractivity contribution < 1.29 is 5.11 Å². The Hall–Kier alpha value is 0.720. The van der Waals surface area contributed by atoms with Crippen LogP contribution in [0.4, 0.5) is 0 Å². The van der Waals surface area contributed by atoms with Gasteiger partial charge in [-0.2, -0.15) is 0 Å². The van der Waals surface area contributed by atoms with Gasteiger partial charge in [0.15, 0.2) is 0 Å². The van der Waals surface area contributed by atoms with Crippen molar-refractivity contribution in [2.75, 3.05) is 5.33 Å². The van der Waals surface area contributed by atoms with Gasteiger partial charge in [-0.3, -0.25) is 0 Å². The maximum absolute atomic E-state index is 10.4. The fourth-order valence-electron chi connectivity index (χ4n) is 1.52. The van der Waals surface area contributed by atoms with E-state index < -0.39 is 5.60 Å². The molecule has 2 atom stereocenters. The minimum Gasteiger partial charge on any atom is -0.385 e. The predicted octanol–water partition coefficient (Wildman–Crippen LogP) is 4.75. The Labute approximate surface area is 122 Å². The summed E-state index contributed by atoms with van der Waals surface area (Å²) in [4.78, 5) is 0.189. The van der Waals surface area contributed by atoms with E-state index in [9.17, 15) is 5.11 Å². The van der Waals surface area contributed by atoms with E-state index >= 15 is 0 Å². The molecule has 0 fully saturated rings. The zero-order valence-electron chi connectivity index (χ0n) is 8.68. The second kappa shape index (κ2) is 6.05. The minimum absolute atomic E-state index is 0.189. The van der Waals surface area contributed by atoms with Gasteiger partial charge < -0.3 is 5.11 Å². The van der Waals surface area contributed by atoms with Crippen LogP contribution in [0.15, 0.2) is 18.2 Å². The van der Waals surface area contributed by atoms with Gasteiger partial charge in [-0.25, -0.2) is 0 Å². The number of rotatable bonds is 4. The lowest BCUT2D eigenvalue weighted by atomic mass is 9.91. The van der Waals surface area contributed by atoms with Crippen LogP contribution in [0, 0.1) is 0 Å². The van der Waals surface area contributed by atoms with Crippen LogP contribution in [0.2, 0.25) is 10.0 Å². The van der Waals surface area contributed by atoms with Crippen LogP contribution in [0.25, 0.3) is 0 Å². The van der Waals surface area contributed by atoms with Crippen LogP contribution in [0.3, 0.4) is 0 Å². The second-order valence-electron chi connectivity index (χ2n) is 3.85. The fraction of sp³-hybridized carbons (Fsp3) is 0.455.